The third-order valence-corrected chi connectivity index (χ3v) is 2.20. The Morgan fingerprint density at radius 2 is 1.67 bits per heavy atom. The summed E-state index contributed by atoms with van der Waals surface area (Å²) in [6, 6.07) is 0.394. The summed E-state index contributed by atoms with van der Waals surface area (Å²) in [5, 5.41) is 0. The number of rotatable bonds is 3. The van der Waals surface area contributed by atoms with Crippen molar-refractivity contribution < 1.29 is 0 Å². The third-order valence-electron chi connectivity index (χ3n) is 2.20. The van der Waals surface area contributed by atoms with Crippen LogP contribution >= 0.6 is 0 Å². The molecule has 0 rings (SSSR count). The Labute approximate surface area is 58.6 Å². The molecule has 0 saturated carbocycles. The van der Waals surface area contributed by atoms with Crippen LogP contribution in [0.5, 0.6) is 0 Å². The lowest BCUT2D eigenvalue weighted by Crippen LogP contribution is -2.30. The maximum Gasteiger partial charge on any atom is 0.00643 e. The molecule has 0 radical (unpaired) electrons. The van der Waals surface area contributed by atoms with Crippen LogP contribution in [0.2, 0.25) is 0 Å². The van der Waals surface area contributed by atoms with Gasteiger partial charge in [0.2, 0.25) is 0 Å². The highest BCUT2D eigenvalue weighted by Gasteiger charge is 2.13. The molecule has 2 N–H and O–H groups in total. The molecule has 0 aliphatic rings. The van der Waals surface area contributed by atoms with Gasteiger partial charge in [0.1, 0.15) is 0 Å². The normalized spacial score (nSPS) is 18.0. The van der Waals surface area contributed by atoms with Crippen LogP contribution in [0.15, 0.2) is 0 Å². The molecule has 0 aromatic heterocycles. The van der Waals surface area contributed by atoms with Crippen molar-refractivity contribution in [2.24, 2.45) is 17.6 Å². The van der Waals surface area contributed by atoms with Crippen LogP contribution in [0.25, 0.3) is 0 Å². The average Bonchev–Trinajstić information content (AvgIpc) is 1.84. The van der Waals surface area contributed by atoms with Crippen LogP contribution in [0.4, 0.5) is 0 Å². The molecule has 0 amide bonds. The Morgan fingerprint density at radius 1 is 1.22 bits per heavy atom. The minimum Gasteiger partial charge on any atom is -0.327 e. The van der Waals surface area contributed by atoms with Gasteiger partial charge in [-0.1, -0.05) is 27.7 Å². The van der Waals surface area contributed by atoms with Gasteiger partial charge < -0.3 is 5.73 Å². The zero-order valence-electron chi connectivity index (χ0n) is 7.02. The molecule has 1 nitrogen and oxygen atoms in total. The highest BCUT2D eigenvalue weighted by molar-refractivity contribution is 4.69. The third kappa shape index (κ3) is 2.85. The lowest BCUT2D eigenvalue weighted by Gasteiger charge is -2.21. The number of hydrogen-bond acceptors (Lipinski definition) is 1. The molecular formula is C8H19N. The predicted octanol–water partition coefficient (Wildman–Crippen LogP) is 2.02. The molecule has 0 aliphatic heterocycles. The van der Waals surface area contributed by atoms with E-state index in [0.29, 0.717) is 12.0 Å². The Balaban J connectivity index is 3.58. The Hall–Kier alpha value is -0.0400. The second-order valence-electron chi connectivity index (χ2n) is 3.18. The Bertz CT molecular complexity index is 69.0. The second kappa shape index (κ2) is 3.89. The van der Waals surface area contributed by atoms with Crippen LogP contribution < -0.4 is 5.73 Å². The molecule has 0 aromatic rings. The summed E-state index contributed by atoms with van der Waals surface area (Å²) in [5.74, 6) is 1.38. The molecule has 0 saturated heterocycles. The van der Waals surface area contributed by atoms with E-state index in [9.17, 15) is 0 Å². The van der Waals surface area contributed by atoms with Crippen LogP contribution in [-0.4, -0.2) is 6.04 Å². The first-order valence-corrected chi connectivity index (χ1v) is 3.85. The lowest BCUT2D eigenvalue weighted by molar-refractivity contribution is 0.340. The van der Waals surface area contributed by atoms with Crippen molar-refractivity contribution in [2.45, 2.75) is 40.2 Å². The van der Waals surface area contributed by atoms with Crippen LogP contribution in [-0.2, 0) is 0 Å². The van der Waals surface area contributed by atoms with Crippen molar-refractivity contribution in [3.8, 4) is 0 Å². The topological polar surface area (TPSA) is 26.0 Å². The van der Waals surface area contributed by atoms with E-state index in [-0.39, 0.29) is 0 Å². The summed E-state index contributed by atoms with van der Waals surface area (Å²) in [4.78, 5) is 0. The van der Waals surface area contributed by atoms with E-state index in [1.807, 2.05) is 0 Å². The van der Waals surface area contributed by atoms with Gasteiger partial charge in [0, 0.05) is 6.04 Å². The van der Waals surface area contributed by atoms with E-state index >= 15 is 0 Å². The van der Waals surface area contributed by atoms with Crippen LogP contribution in [0, 0.1) is 11.8 Å². The van der Waals surface area contributed by atoms with Gasteiger partial charge in [-0.15, -0.1) is 0 Å². The summed E-state index contributed by atoms with van der Waals surface area (Å²) in [6.45, 7) is 8.81. The van der Waals surface area contributed by atoms with E-state index in [1.54, 1.807) is 0 Å². The summed E-state index contributed by atoms with van der Waals surface area (Å²) in [5.41, 5.74) is 5.82. The van der Waals surface area contributed by atoms with Gasteiger partial charge in [0.25, 0.3) is 0 Å². The van der Waals surface area contributed by atoms with E-state index in [4.69, 9.17) is 5.73 Å². The Morgan fingerprint density at radius 3 is 1.78 bits per heavy atom. The molecule has 9 heavy (non-hydrogen) atoms. The molecule has 0 unspecified atom stereocenters. The minimum absolute atomic E-state index is 0.394. The van der Waals surface area contributed by atoms with Crippen LogP contribution in [0.1, 0.15) is 34.1 Å². The van der Waals surface area contributed by atoms with Crippen LogP contribution in [0.3, 0.4) is 0 Å². The number of nitrogens with two attached hydrogens (primary N) is 1. The van der Waals surface area contributed by atoms with Gasteiger partial charge in [0.05, 0.1) is 0 Å². The average molecular weight is 129 g/mol. The first kappa shape index (κ1) is 8.96. The maximum atomic E-state index is 5.82. The van der Waals surface area contributed by atoms with Gasteiger partial charge in [-0.2, -0.15) is 0 Å². The molecule has 0 fully saturated rings. The molecule has 2 atom stereocenters. The zero-order valence-corrected chi connectivity index (χ0v) is 7.02. The highest BCUT2D eigenvalue weighted by atomic mass is 14.6. The van der Waals surface area contributed by atoms with Crippen molar-refractivity contribution in [1.29, 1.82) is 0 Å². The first-order valence-electron chi connectivity index (χ1n) is 3.85. The van der Waals surface area contributed by atoms with E-state index in [0.717, 1.165) is 12.3 Å². The molecule has 1 heteroatoms. The fourth-order valence-corrected chi connectivity index (χ4v) is 0.866. The van der Waals surface area contributed by atoms with Crippen molar-refractivity contribution >= 4 is 0 Å². The van der Waals surface area contributed by atoms with Gasteiger partial charge in [-0.05, 0) is 18.3 Å². The summed E-state index contributed by atoms with van der Waals surface area (Å²) in [7, 11) is 0. The summed E-state index contributed by atoms with van der Waals surface area (Å²) >= 11 is 0. The number of hydrogen-bond donors (Lipinski definition) is 1. The quantitative estimate of drug-likeness (QED) is 0.620. The largest absolute Gasteiger partial charge is 0.327 e. The molecule has 56 valence electrons. The van der Waals surface area contributed by atoms with E-state index < -0.39 is 0 Å². The summed E-state index contributed by atoms with van der Waals surface area (Å²) in [6.07, 6.45) is 1.10. The Kier molecular flexibility index (Phi) is 3.87. The molecule has 0 bridgehead atoms. The first-order chi connectivity index (χ1) is 4.09. The van der Waals surface area contributed by atoms with E-state index in [1.165, 1.54) is 0 Å². The smallest absolute Gasteiger partial charge is 0.00643 e. The fourth-order valence-electron chi connectivity index (χ4n) is 0.866. The van der Waals surface area contributed by atoms with Gasteiger partial charge in [0.15, 0.2) is 0 Å². The SMILES string of the molecule is CC[C@H](N)[C@@H](C)C(C)C. The predicted molar refractivity (Wildman–Crippen MR) is 42.3 cm³/mol. The van der Waals surface area contributed by atoms with Crippen molar-refractivity contribution in [1.82, 2.24) is 0 Å². The standard InChI is InChI=1S/C8H19N/c1-5-8(9)7(4)6(2)3/h6-8H,5,9H2,1-4H3/t7-,8-/m0/s1. The molecule has 0 aliphatic carbocycles. The maximum absolute atomic E-state index is 5.82. The molecular weight excluding hydrogens is 110 g/mol. The highest BCUT2D eigenvalue weighted by Crippen LogP contribution is 2.14. The molecule has 0 aromatic carbocycles. The monoisotopic (exact) mass is 129 g/mol. The van der Waals surface area contributed by atoms with Crippen molar-refractivity contribution in [2.75, 3.05) is 0 Å². The fraction of sp³-hybridized carbons (Fsp3) is 1.00. The van der Waals surface area contributed by atoms with Gasteiger partial charge in [-0.3, -0.25) is 0 Å². The summed E-state index contributed by atoms with van der Waals surface area (Å²) < 4.78 is 0. The zero-order chi connectivity index (χ0) is 7.44. The molecule has 0 spiro atoms. The second-order valence-corrected chi connectivity index (χ2v) is 3.18. The van der Waals surface area contributed by atoms with Gasteiger partial charge >= 0.3 is 0 Å². The lowest BCUT2D eigenvalue weighted by atomic mass is 9.90. The van der Waals surface area contributed by atoms with Crippen molar-refractivity contribution in [3.05, 3.63) is 0 Å². The van der Waals surface area contributed by atoms with Gasteiger partial charge in [-0.25, -0.2) is 0 Å². The molecule has 0 heterocycles. The van der Waals surface area contributed by atoms with Crippen molar-refractivity contribution in [3.63, 3.8) is 0 Å². The minimum atomic E-state index is 0.394. The van der Waals surface area contributed by atoms with E-state index in [2.05, 4.69) is 27.7 Å².